The van der Waals surface area contributed by atoms with Crippen molar-refractivity contribution in [3.8, 4) is 0 Å². The SMILES string of the molecule is C=CNCc1ccccc1.CCNCCC[Si](OC)(OC)OC. The largest absolute Gasteiger partial charge is 0.500 e. The molecule has 0 spiro atoms. The van der Waals surface area contributed by atoms with Crippen LogP contribution in [-0.2, 0) is 19.8 Å². The highest BCUT2D eigenvalue weighted by Gasteiger charge is 2.36. The Morgan fingerprint density at radius 2 is 1.70 bits per heavy atom. The fraction of sp³-hybridized carbons (Fsp3) is 0.529. The zero-order valence-corrected chi connectivity index (χ0v) is 15.9. The number of nitrogens with one attached hydrogen (secondary N) is 2. The van der Waals surface area contributed by atoms with Gasteiger partial charge in [0, 0.05) is 33.9 Å². The van der Waals surface area contributed by atoms with Crippen molar-refractivity contribution in [1.82, 2.24) is 10.6 Å². The molecule has 0 saturated heterocycles. The average Bonchev–Trinajstić information content (AvgIpc) is 2.62. The molecule has 0 radical (unpaired) electrons. The minimum Gasteiger partial charge on any atom is -0.387 e. The topological polar surface area (TPSA) is 51.8 Å². The van der Waals surface area contributed by atoms with Gasteiger partial charge in [0.15, 0.2) is 0 Å². The van der Waals surface area contributed by atoms with Gasteiger partial charge >= 0.3 is 8.80 Å². The van der Waals surface area contributed by atoms with E-state index in [1.54, 1.807) is 27.5 Å². The van der Waals surface area contributed by atoms with Gasteiger partial charge in [0.25, 0.3) is 0 Å². The maximum Gasteiger partial charge on any atom is 0.500 e. The minimum atomic E-state index is -2.31. The number of rotatable bonds is 11. The van der Waals surface area contributed by atoms with Gasteiger partial charge in [0.1, 0.15) is 0 Å². The predicted octanol–water partition coefficient (Wildman–Crippen LogP) is 2.78. The van der Waals surface area contributed by atoms with E-state index in [-0.39, 0.29) is 0 Å². The minimum absolute atomic E-state index is 0.865. The van der Waals surface area contributed by atoms with E-state index in [0.29, 0.717) is 0 Å². The fourth-order valence-electron chi connectivity index (χ4n) is 1.95. The quantitative estimate of drug-likeness (QED) is 0.479. The lowest BCUT2D eigenvalue weighted by Crippen LogP contribution is -2.43. The highest BCUT2D eigenvalue weighted by molar-refractivity contribution is 6.60. The summed E-state index contributed by atoms with van der Waals surface area (Å²) in [5, 5.41) is 6.28. The van der Waals surface area contributed by atoms with E-state index >= 15 is 0 Å². The molecule has 1 aromatic carbocycles. The Kier molecular flexibility index (Phi) is 13.7. The monoisotopic (exact) mass is 340 g/mol. The van der Waals surface area contributed by atoms with E-state index < -0.39 is 8.80 Å². The molecule has 0 atom stereocenters. The molecule has 23 heavy (non-hydrogen) atoms. The van der Waals surface area contributed by atoms with Gasteiger partial charge in [0.05, 0.1) is 0 Å². The van der Waals surface area contributed by atoms with Crippen LogP contribution in [0.5, 0.6) is 0 Å². The molecule has 0 aliphatic heterocycles. The second-order valence-corrected chi connectivity index (χ2v) is 7.91. The highest BCUT2D eigenvalue weighted by Crippen LogP contribution is 2.14. The van der Waals surface area contributed by atoms with Gasteiger partial charge in [-0.1, -0.05) is 43.8 Å². The molecule has 132 valence electrons. The first-order valence-corrected chi connectivity index (χ1v) is 9.85. The van der Waals surface area contributed by atoms with Crippen LogP contribution in [0.1, 0.15) is 18.9 Å². The fourth-order valence-corrected chi connectivity index (χ4v) is 3.67. The van der Waals surface area contributed by atoms with E-state index in [0.717, 1.165) is 32.1 Å². The molecule has 0 saturated carbocycles. The lowest BCUT2D eigenvalue weighted by Gasteiger charge is -2.24. The molecule has 0 fully saturated rings. The van der Waals surface area contributed by atoms with Crippen LogP contribution in [0.25, 0.3) is 0 Å². The van der Waals surface area contributed by atoms with Crippen LogP contribution < -0.4 is 10.6 Å². The van der Waals surface area contributed by atoms with Crippen molar-refractivity contribution in [3.63, 3.8) is 0 Å². The van der Waals surface area contributed by atoms with Crippen molar-refractivity contribution in [1.29, 1.82) is 0 Å². The van der Waals surface area contributed by atoms with Crippen LogP contribution in [0.3, 0.4) is 0 Å². The number of hydrogen-bond acceptors (Lipinski definition) is 5. The van der Waals surface area contributed by atoms with E-state index in [9.17, 15) is 0 Å². The van der Waals surface area contributed by atoms with Gasteiger partial charge in [-0.3, -0.25) is 0 Å². The van der Waals surface area contributed by atoms with E-state index in [4.69, 9.17) is 13.3 Å². The van der Waals surface area contributed by atoms with Crippen molar-refractivity contribution in [2.24, 2.45) is 0 Å². The molecular formula is C17H32N2O3Si. The second-order valence-electron chi connectivity index (χ2n) is 4.82. The van der Waals surface area contributed by atoms with Crippen LogP contribution in [0, 0.1) is 0 Å². The average molecular weight is 341 g/mol. The van der Waals surface area contributed by atoms with Crippen LogP contribution >= 0.6 is 0 Å². The highest BCUT2D eigenvalue weighted by atomic mass is 28.4. The van der Waals surface area contributed by atoms with Gasteiger partial charge in [-0.25, -0.2) is 0 Å². The summed E-state index contributed by atoms with van der Waals surface area (Å²) >= 11 is 0. The molecule has 2 N–H and O–H groups in total. The van der Waals surface area contributed by atoms with Crippen LogP contribution in [0.4, 0.5) is 0 Å². The third kappa shape index (κ3) is 10.2. The summed E-state index contributed by atoms with van der Waals surface area (Å²) in [5.41, 5.74) is 1.28. The molecule has 0 aromatic heterocycles. The molecule has 0 aliphatic rings. The standard InChI is InChI=1S/C9H11N.C8H21NO3Si/c1-2-10-8-9-6-4-3-5-7-9;1-5-9-7-6-8-13(10-2,11-3)12-4/h2-7,10H,1,8H2;9H,5-8H2,1-4H3. The van der Waals surface area contributed by atoms with Crippen LogP contribution in [0.2, 0.25) is 6.04 Å². The van der Waals surface area contributed by atoms with E-state index in [2.05, 4.69) is 36.3 Å². The van der Waals surface area contributed by atoms with Crippen LogP contribution in [-0.4, -0.2) is 43.2 Å². The van der Waals surface area contributed by atoms with E-state index in [1.165, 1.54) is 5.56 Å². The molecule has 1 aromatic rings. The van der Waals surface area contributed by atoms with Crippen molar-refractivity contribution < 1.29 is 13.3 Å². The van der Waals surface area contributed by atoms with Gasteiger partial charge < -0.3 is 23.9 Å². The summed E-state index contributed by atoms with van der Waals surface area (Å²) in [6, 6.07) is 11.1. The summed E-state index contributed by atoms with van der Waals surface area (Å²) in [6.45, 7) is 8.51. The van der Waals surface area contributed by atoms with Gasteiger partial charge in [-0.15, -0.1) is 0 Å². The van der Waals surface area contributed by atoms with Crippen molar-refractivity contribution in [2.75, 3.05) is 34.4 Å². The van der Waals surface area contributed by atoms with Crippen molar-refractivity contribution >= 4 is 8.80 Å². The molecule has 0 heterocycles. The third-order valence-electron chi connectivity index (χ3n) is 3.31. The first-order valence-electron chi connectivity index (χ1n) is 7.92. The molecule has 5 nitrogen and oxygen atoms in total. The van der Waals surface area contributed by atoms with Crippen molar-refractivity contribution in [3.05, 3.63) is 48.7 Å². The van der Waals surface area contributed by atoms with Gasteiger partial charge in [0.2, 0.25) is 0 Å². The summed E-state index contributed by atoms with van der Waals surface area (Å²) < 4.78 is 15.8. The predicted molar refractivity (Wildman–Crippen MR) is 98.2 cm³/mol. The molecule has 0 aliphatic carbocycles. The van der Waals surface area contributed by atoms with E-state index in [1.807, 2.05) is 18.2 Å². The Morgan fingerprint density at radius 3 is 2.17 bits per heavy atom. The summed E-state index contributed by atoms with van der Waals surface area (Å²) in [6.07, 6.45) is 2.72. The first kappa shape index (κ1) is 21.8. The Balaban J connectivity index is 0.000000433. The van der Waals surface area contributed by atoms with Gasteiger partial charge in [-0.2, -0.15) is 0 Å². The zero-order chi connectivity index (χ0) is 17.4. The molecule has 1 rings (SSSR count). The summed E-state index contributed by atoms with van der Waals surface area (Å²) in [7, 11) is 2.63. The molecule has 0 unspecified atom stereocenters. The Bertz CT molecular complexity index is 378. The second kappa shape index (κ2) is 14.4. The smallest absolute Gasteiger partial charge is 0.387 e. The van der Waals surface area contributed by atoms with Gasteiger partial charge in [-0.05, 0) is 31.3 Å². The van der Waals surface area contributed by atoms with Crippen LogP contribution in [0.15, 0.2) is 43.1 Å². The number of hydrogen-bond donors (Lipinski definition) is 2. The lowest BCUT2D eigenvalue weighted by molar-refractivity contribution is 0.123. The molecular weight excluding hydrogens is 308 g/mol. The molecule has 6 heteroatoms. The Labute approximate surface area is 142 Å². The maximum absolute atomic E-state index is 5.28. The normalized spacial score (nSPS) is 10.6. The van der Waals surface area contributed by atoms with Crippen molar-refractivity contribution in [2.45, 2.75) is 25.9 Å². The Hall–Kier alpha value is -1.18. The number of benzene rings is 1. The lowest BCUT2D eigenvalue weighted by atomic mass is 10.2. The molecule has 0 amide bonds. The first-order chi connectivity index (χ1) is 11.2. The third-order valence-corrected chi connectivity index (χ3v) is 6.14. The summed E-state index contributed by atoms with van der Waals surface area (Å²) in [5.74, 6) is 0. The zero-order valence-electron chi connectivity index (χ0n) is 14.9. The molecule has 0 bridgehead atoms. The Morgan fingerprint density at radius 1 is 1.09 bits per heavy atom. The maximum atomic E-state index is 5.28. The summed E-state index contributed by atoms with van der Waals surface area (Å²) in [4.78, 5) is 0.